The molecule has 1 amide bonds. The van der Waals surface area contributed by atoms with Gasteiger partial charge in [-0.25, -0.2) is 0 Å². The van der Waals surface area contributed by atoms with Gasteiger partial charge in [0.25, 0.3) is 0 Å². The zero-order chi connectivity index (χ0) is 17.3. The summed E-state index contributed by atoms with van der Waals surface area (Å²) >= 11 is 0. The van der Waals surface area contributed by atoms with Crippen LogP contribution >= 0.6 is 0 Å². The number of piperidine rings is 1. The minimum atomic E-state index is -0.425. The summed E-state index contributed by atoms with van der Waals surface area (Å²) < 4.78 is 5.60. The van der Waals surface area contributed by atoms with Gasteiger partial charge in [0.15, 0.2) is 0 Å². The molecule has 0 aromatic heterocycles. The number of ether oxygens (including phenoxy) is 1. The van der Waals surface area contributed by atoms with Crippen LogP contribution in [0.3, 0.4) is 0 Å². The summed E-state index contributed by atoms with van der Waals surface area (Å²) in [4.78, 5) is 16.1. The molecule has 3 aliphatic heterocycles. The van der Waals surface area contributed by atoms with Crippen LogP contribution in [0, 0.1) is 6.92 Å². The first-order chi connectivity index (χ1) is 12.2. The lowest BCUT2D eigenvalue weighted by molar-refractivity contribution is -0.131. The van der Waals surface area contributed by atoms with Crippen LogP contribution in [0.25, 0.3) is 0 Å². The highest BCUT2D eigenvalue weighted by molar-refractivity contribution is 5.89. The standard InChI is InChI=1S/C21H30N2O2/c1-16-6-2-3-7-17(16)21(10-14-25-15-11-21)20(24)22-18-9-13-23-12-5-4-8-19(18)23/h2-3,6-7,18-19H,4-5,8-15H2,1H3,(H,22,24)/t18-,19-/m0/s1. The Morgan fingerprint density at radius 3 is 2.76 bits per heavy atom. The van der Waals surface area contributed by atoms with Gasteiger partial charge >= 0.3 is 0 Å². The van der Waals surface area contributed by atoms with Gasteiger partial charge in [-0.3, -0.25) is 9.69 Å². The lowest BCUT2D eigenvalue weighted by Gasteiger charge is -2.39. The van der Waals surface area contributed by atoms with Gasteiger partial charge in [0.1, 0.15) is 0 Å². The van der Waals surface area contributed by atoms with Gasteiger partial charge in [0, 0.05) is 31.8 Å². The topological polar surface area (TPSA) is 41.6 Å². The summed E-state index contributed by atoms with van der Waals surface area (Å²) in [5.41, 5.74) is 1.98. The molecule has 3 heterocycles. The molecule has 0 aliphatic carbocycles. The summed E-state index contributed by atoms with van der Waals surface area (Å²) in [6, 6.07) is 9.24. The fourth-order valence-corrected chi connectivity index (χ4v) is 5.17. The van der Waals surface area contributed by atoms with Crippen molar-refractivity contribution in [1.82, 2.24) is 10.2 Å². The van der Waals surface area contributed by atoms with E-state index in [0.29, 0.717) is 25.3 Å². The fraction of sp³-hybridized carbons (Fsp3) is 0.667. The average molecular weight is 342 g/mol. The van der Waals surface area contributed by atoms with Crippen LogP contribution in [0.1, 0.15) is 49.7 Å². The predicted molar refractivity (Wildman–Crippen MR) is 98.7 cm³/mol. The van der Waals surface area contributed by atoms with E-state index in [2.05, 4.69) is 41.4 Å². The maximum absolute atomic E-state index is 13.5. The Kier molecular flexibility index (Phi) is 4.83. The smallest absolute Gasteiger partial charge is 0.231 e. The van der Waals surface area contributed by atoms with Crippen LogP contribution in [-0.2, 0) is 14.9 Å². The van der Waals surface area contributed by atoms with Crippen LogP contribution in [0.5, 0.6) is 0 Å². The Morgan fingerprint density at radius 2 is 1.96 bits per heavy atom. The van der Waals surface area contributed by atoms with Gasteiger partial charge in [-0.2, -0.15) is 0 Å². The fourth-order valence-electron chi connectivity index (χ4n) is 5.17. The SMILES string of the molecule is Cc1ccccc1C1(C(=O)N[C@H]2CCN3CCCC[C@@H]23)CCOCC1. The first-order valence-electron chi connectivity index (χ1n) is 9.90. The van der Waals surface area contributed by atoms with E-state index in [9.17, 15) is 4.79 Å². The van der Waals surface area contributed by atoms with Crippen molar-refractivity contribution in [1.29, 1.82) is 0 Å². The number of amides is 1. The molecule has 3 fully saturated rings. The van der Waals surface area contributed by atoms with Gasteiger partial charge in [-0.1, -0.05) is 30.7 Å². The first-order valence-corrected chi connectivity index (χ1v) is 9.90. The average Bonchev–Trinajstić information content (AvgIpc) is 3.06. The van der Waals surface area contributed by atoms with Gasteiger partial charge in [-0.05, 0) is 56.7 Å². The lowest BCUT2D eigenvalue weighted by Crippen LogP contribution is -2.54. The molecule has 0 bridgehead atoms. The summed E-state index contributed by atoms with van der Waals surface area (Å²) in [5, 5.41) is 3.48. The van der Waals surface area contributed by atoms with Gasteiger partial charge in [0.2, 0.25) is 5.91 Å². The largest absolute Gasteiger partial charge is 0.381 e. The molecule has 1 aromatic rings. The number of aryl methyl sites for hydroxylation is 1. The highest BCUT2D eigenvalue weighted by Crippen LogP contribution is 2.38. The molecule has 0 spiro atoms. The quantitative estimate of drug-likeness (QED) is 0.918. The second kappa shape index (κ2) is 7.08. The summed E-state index contributed by atoms with van der Waals surface area (Å²) in [6.45, 7) is 5.80. The molecule has 3 aliphatic rings. The van der Waals surface area contributed by atoms with Crippen molar-refractivity contribution < 1.29 is 9.53 Å². The maximum Gasteiger partial charge on any atom is 0.231 e. The molecule has 4 nitrogen and oxygen atoms in total. The molecule has 2 atom stereocenters. The Hall–Kier alpha value is -1.39. The third-order valence-electron chi connectivity index (χ3n) is 6.61. The van der Waals surface area contributed by atoms with Crippen molar-refractivity contribution in [3.8, 4) is 0 Å². The lowest BCUT2D eigenvalue weighted by atomic mass is 9.71. The maximum atomic E-state index is 13.5. The van der Waals surface area contributed by atoms with Crippen molar-refractivity contribution in [2.45, 2.75) is 62.9 Å². The van der Waals surface area contributed by atoms with Crippen molar-refractivity contribution >= 4 is 5.91 Å². The Morgan fingerprint density at radius 1 is 1.16 bits per heavy atom. The Bertz CT molecular complexity index is 624. The number of nitrogens with one attached hydrogen (secondary N) is 1. The number of carbonyl (C=O) groups is 1. The minimum absolute atomic E-state index is 0.225. The zero-order valence-corrected chi connectivity index (χ0v) is 15.3. The molecular formula is C21H30N2O2. The number of rotatable bonds is 3. The van der Waals surface area contributed by atoms with E-state index >= 15 is 0 Å². The Labute approximate surface area is 150 Å². The summed E-state index contributed by atoms with van der Waals surface area (Å²) in [5.74, 6) is 0.225. The normalized spacial score (nSPS) is 29.2. The third-order valence-corrected chi connectivity index (χ3v) is 6.61. The molecule has 4 heteroatoms. The minimum Gasteiger partial charge on any atom is -0.381 e. The monoisotopic (exact) mass is 342 g/mol. The molecule has 136 valence electrons. The van der Waals surface area contributed by atoms with E-state index < -0.39 is 5.41 Å². The summed E-state index contributed by atoms with van der Waals surface area (Å²) in [7, 11) is 0. The van der Waals surface area contributed by atoms with Crippen molar-refractivity contribution in [2.75, 3.05) is 26.3 Å². The van der Waals surface area contributed by atoms with Crippen LogP contribution in [0.4, 0.5) is 0 Å². The van der Waals surface area contributed by atoms with E-state index in [1.165, 1.54) is 36.9 Å². The number of nitrogens with zero attached hydrogens (tertiary/aromatic N) is 1. The second-order valence-corrected chi connectivity index (χ2v) is 7.98. The van der Waals surface area contributed by atoms with Crippen molar-refractivity contribution in [2.24, 2.45) is 0 Å². The molecule has 1 N–H and O–H groups in total. The molecule has 0 radical (unpaired) electrons. The number of hydrogen-bond donors (Lipinski definition) is 1. The number of fused-ring (bicyclic) bond motifs is 1. The number of benzene rings is 1. The van der Waals surface area contributed by atoms with E-state index in [1.54, 1.807) is 0 Å². The summed E-state index contributed by atoms with van der Waals surface area (Å²) in [6.07, 6.45) is 6.49. The van der Waals surface area contributed by atoms with Crippen LogP contribution in [0.15, 0.2) is 24.3 Å². The third kappa shape index (κ3) is 3.11. The van der Waals surface area contributed by atoms with E-state index in [1.807, 2.05) is 0 Å². The molecule has 0 saturated carbocycles. The van der Waals surface area contributed by atoms with E-state index in [4.69, 9.17) is 4.74 Å². The van der Waals surface area contributed by atoms with Gasteiger partial charge in [-0.15, -0.1) is 0 Å². The highest BCUT2D eigenvalue weighted by Gasteiger charge is 2.45. The molecule has 0 unspecified atom stereocenters. The first kappa shape index (κ1) is 17.0. The van der Waals surface area contributed by atoms with E-state index in [-0.39, 0.29) is 5.91 Å². The number of hydrogen-bond acceptors (Lipinski definition) is 3. The molecule has 4 rings (SSSR count). The van der Waals surface area contributed by atoms with E-state index in [0.717, 1.165) is 25.8 Å². The van der Waals surface area contributed by atoms with Crippen LogP contribution in [-0.4, -0.2) is 49.2 Å². The molecular weight excluding hydrogens is 312 g/mol. The van der Waals surface area contributed by atoms with Crippen LogP contribution in [0.2, 0.25) is 0 Å². The zero-order valence-electron chi connectivity index (χ0n) is 15.3. The molecule has 25 heavy (non-hydrogen) atoms. The highest BCUT2D eigenvalue weighted by atomic mass is 16.5. The van der Waals surface area contributed by atoms with Gasteiger partial charge < -0.3 is 10.1 Å². The number of carbonyl (C=O) groups excluding carboxylic acids is 1. The van der Waals surface area contributed by atoms with Crippen LogP contribution < -0.4 is 5.32 Å². The van der Waals surface area contributed by atoms with Gasteiger partial charge in [0.05, 0.1) is 5.41 Å². The molecule has 1 aromatic carbocycles. The molecule has 3 saturated heterocycles. The Balaban J connectivity index is 1.57. The van der Waals surface area contributed by atoms with Crippen molar-refractivity contribution in [3.63, 3.8) is 0 Å². The second-order valence-electron chi connectivity index (χ2n) is 7.98. The predicted octanol–water partition coefficient (Wildman–Crippen LogP) is 2.79. The van der Waals surface area contributed by atoms with Crippen molar-refractivity contribution in [3.05, 3.63) is 35.4 Å².